The summed E-state index contributed by atoms with van der Waals surface area (Å²) in [7, 11) is 0. The van der Waals surface area contributed by atoms with E-state index in [1.807, 2.05) is 12.1 Å². The minimum absolute atomic E-state index is 0.251. The lowest BCUT2D eigenvalue weighted by Crippen LogP contribution is -2.33. The molecule has 1 saturated carbocycles. The Morgan fingerprint density at radius 2 is 2.07 bits per heavy atom. The van der Waals surface area contributed by atoms with Crippen molar-refractivity contribution in [1.82, 2.24) is 9.97 Å². The van der Waals surface area contributed by atoms with Crippen LogP contribution in [-0.4, -0.2) is 42.4 Å². The van der Waals surface area contributed by atoms with Crippen molar-refractivity contribution in [3.05, 3.63) is 41.7 Å². The molecule has 152 valence electrons. The molecule has 1 saturated heterocycles. The van der Waals surface area contributed by atoms with Gasteiger partial charge < -0.3 is 14.4 Å². The number of fused-ring (bicyclic) bond motifs is 1. The van der Waals surface area contributed by atoms with E-state index in [1.54, 1.807) is 17.3 Å². The maximum absolute atomic E-state index is 12.0. The highest BCUT2D eigenvalue weighted by molar-refractivity contribution is 5.90. The molecular weight excluding hydrogens is 368 g/mol. The number of benzene rings is 1. The number of hydrogen-bond acceptors (Lipinski definition) is 6. The van der Waals surface area contributed by atoms with Gasteiger partial charge in [0, 0.05) is 13.1 Å². The Morgan fingerprint density at radius 3 is 2.90 bits per heavy atom. The normalized spacial score (nSPS) is 19.4. The minimum Gasteiger partial charge on any atom is -0.476 e. The van der Waals surface area contributed by atoms with Crippen LogP contribution in [0.1, 0.15) is 36.8 Å². The first kappa shape index (κ1) is 18.2. The Hall–Kier alpha value is -2.83. The average molecular weight is 394 g/mol. The lowest BCUT2D eigenvalue weighted by Gasteiger charge is -2.32. The molecule has 0 spiro atoms. The van der Waals surface area contributed by atoms with E-state index in [0.29, 0.717) is 24.9 Å². The van der Waals surface area contributed by atoms with Crippen LogP contribution in [0.2, 0.25) is 0 Å². The van der Waals surface area contributed by atoms with Gasteiger partial charge in [0.1, 0.15) is 6.61 Å². The number of nitrogens with zero attached hydrogens (tertiary/aromatic N) is 4. The molecule has 0 atom stereocenters. The molecule has 3 heterocycles. The molecule has 1 aromatic carbocycles. The molecule has 5 rings (SSSR count). The van der Waals surface area contributed by atoms with Crippen molar-refractivity contribution >= 4 is 17.6 Å². The third kappa shape index (κ3) is 3.73. The number of anilines is 2. The molecule has 29 heavy (non-hydrogen) atoms. The van der Waals surface area contributed by atoms with Crippen LogP contribution in [0.25, 0.3) is 0 Å². The Balaban J connectivity index is 1.31. The van der Waals surface area contributed by atoms with Crippen molar-refractivity contribution in [2.75, 3.05) is 36.1 Å². The zero-order valence-corrected chi connectivity index (χ0v) is 16.5. The first-order chi connectivity index (χ1) is 14.3. The topological polar surface area (TPSA) is 67.8 Å². The summed E-state index contributed by atoms with van der Waals surface area (Å²) in [6.45, 7) is 3.37. The number of amides is 1. The van der Waals surface area contributed by atoms with Gasteiger partial charge in [-0.2, -0.15) is 4.98 Å². The third-order valence-corrected chi connectivity index (χ3v) is 6.16. The van der Waals surface area contributed by atoms with Crippen molar-refractivity contribution in [3.63, 3.8) is 0 Å². The third-order valence-electron chi connectivity index (χ3n) is 6.16. The molecule has 0 N–H and O–H groups in total. The Labute approximate surface area is 170 Å². The summed E-state index contributed by atoms with van der Waals surface area (Å²) in [5.74, 6) is 2.09. The van der Waals surface area contributed by atoms with Crippen LogP contribution in [0.3, 0.4) is 0 Å². The van der Waals surface area contributed by atoms with E-state index >= 15 is 0 Å². The number of carbonyl (C=O) groups is 1. The van der Waals surface area contributed by atoms with Crippen LogP contribution in [0, 0.1) is 5.92 Å². The Morgan fingerprint density at radius 1 is 1.17 bits per heavy atom. The zero-order chi connectivity index (χ0) is 19.6. The van der Waals surface area contributed by atoms with Gasteiger partial charge in [-0.15, -0.1) is 0 Å². The van der Waals surface area contributed by atoms with Crippen molar-refractivity contribution in [2.24, 2.45) is 5.92 Å². The summed E-state index contributed by atoms with van der Waals surface area (Å²) >= 11 is 0. The summed E-state index contributed by atoms with van der Waals surface area (Å²) in [6, 6.07) is 6.15. The Bertz CT molecular complexity index is 897. The Kier molecular flexibility index (Phi) is 4.96. The molecular formula is C22H26N4O3. The van der Waals surface area contributed by atoms with Gasteiger partial charge in [0.2, 0.25) is 5.88 Å². The average Bonchev–Trinajstić information content (AvgIpc) is 3.43. The summed E-state index contributed by atoms with van der Waals surface area (Å²) in [5, 5.41) is 0. The lowest BCUT2D eigenvalue weighted by atomic mass is 9.97. The number of ether oxygens (including phenoxy) is 2. The molecule has 1 amide bonds. The van der Waals surface area contributed by atoms with Crippen LogP contribution in [0.4, 0.5) is 16.3 Å². The second-order valence-electron chi connectivity index (χ2n) is 8.03. The van der Waals surface area contributed by atoms with Gasteiger partial charge in [0.05, 0.1) is 31.2 Å². The van der Waals surface area contributed by atoms with Gasteiger partial charge in [-0.3, -0.25) is 9.88 Å². The molecule has 1 aromatic heterocycles. The number of hydrogen-bond donors (Lipinski definition) is 0. The van der Waals surface area contributed by atoms with Crippen LogP contribution in [0.5, 0.6) is 5.88 Å². The van der Waals surface area contributed by atoms with E-state index in [1.165, 1.54) is 36.8 Å². The first-order valence-electron chi connectivity index (χ1n) is 10.5. The second kappa shape index (κ2) is 7.89. The molecule has 0 radical (unpaired) electrons. The first-order valence-corrected chi connectivity index (χ1v) is 10.5. The zero-order valence-electron chi connectivity index (χ0n) is 16.5. The molecule has 2 fully saturated rings. The van der Waals surface area contributed by atoms with E-state index in [-0.39, 0.29) is 6.09 Å². The van der Waals surface area contributed by atoms with Gasteiger partial charge in [-0.25, -0.2) is 4.79 Å². The summed E-state index contributed by atoms with van der Waals surface area (Å²) in [6.07, 6.45) is 9.23. The summed E-state index contributed by atoms with van der Waals surface area (Å²) in [5.41, 5.74) is 3.42. The molecule has 7 heteroatoms. The summed E-state index contributed by atoms with van der Waals surface area (Å²) < 4.78 is 11.0. The molecule has 7 nitrogen and oxygen atoms in total. The fourth-order valence-corrected chi connectivity index (χ4v) is 4.59. The van der Waals surface area contributed by atoms with Gasteiger partial charge in [0.15, 0.2) is 5.82 Å². The van der Waals surface area contributed by atoms with Gasteiger partial charge in [-0.1, -0.05) is 25.0 Å². The van der Waals surface area contributed by atoms with E-state index in [4.69, 9.17) is 14.5 Å². The van der Waals surface area contributed by atoms with Crippen molar-refractivity contribution in [3.8, 4) is 5.88 Å². The number of carbonyl (C=O) groups excluding carboxylic acids is 1. The monoisotopic (exact) mass is 394 g/mol. The predicted molar refractivity (Wildman–Crippen MR) is 109 cm³/mol. The number of aromatic nitrogens is 2. The molecule has 0 unspecified atom stereocenters. The minimum atomic E-state index is -0.251. The van der Waals surface area contributed by atoms with Crippen LogP contribution in [0.15, 0.2) is 30.6 Å². The molecule has 0 bridgehead atoms. The van der Waals surface area contributed by atoms with E-state index in [9.17, 15) is 4.79 Å². The number of cyclic esters (lactones) is 1. The largest absolute Gasteiger partial charge is 0.476 e. The summed E-state index contributed by atoms with van der Waals surface area (Å²) in [4.78, 5) is 25.0. The smallest absolute Gasteiger partial charge is 0.414 e. The SMILES string of the molecule is O=C1OCCN1c1cccc2c1CCN(c1cncc(OCC3CCCC3)n1)C2. The van der Waals surface area contributed by atoms with Crippen molar-refractivity contribution < 1.29 is 14.3 Å². The van der Waals surface area contributed by atoms with Crippen molar-refractivity contribution in [2.45, 2.75) is 38.6 Å². The fraction of sp³-hybridized carbons (Fsp3) is 0.500. The maximum atomic E-state index is 12.0. The standard InChI is InChI=1S/C22H26N4O3/c27-22-26(10-11-28-22)19-7-3-6-17-14-25(9-8-18(17)19)20-12-23-13-21(24-20)29-15-16-4-1-2-5-16/h3,6-7,12-13,16H,1-2,4-5,8-11,14-15H2. The predicted octanol–water partition coefficient (Wildman–Crippen LogP) is 3.56. The molecule has 3 aliphatic rings. The highest BCUT2D eigenvalue weighted by atomic mass is 16.6. The van der Waals surface area contributed by atoms with Gasteiger partial charge >= 0.3 is 6.09 Å². The lowest BCUT2D eigenvalue weighted by molar-refractivity contribution is 0.181. The highest BCUT2D eigenvalue weighted by Gasteiger charge is 2.28. The van der Waals surface area contributed by atoms with Gasteiger partial charge in [0.25, 0.3) is 0 Å². The molecule has 2 aromatic rings. The van der Waals surface area contributed by atoms with E-state index < -0.39 is 0 Å². The second-order valence-corrected chi connectivity index (χ2v) is 8.03. The molecule has 1 aliphatic carbocycles. The fourth-order valence-electron chi connectivity index (χ4n) is 4.59. The van der Waals surface area contributed by atoms with Gasteiger partial charge in [-0.05, 0) is 42.4 Å². The maximum Gasteiger partial charge on any atom is 0.414 e. The molecule has 2 aliphatic heterocycles. The van der Waals surface area contributed by atoms with E-state index in [2.05, 4.69) is 16.0 Å². The number of rotatable bonds is 5. The highest BCUT2D eigenvalue weighted by Crippen LogP contribution is 2.32. The quantitative estimate of drug-likeness (QED) is 0.772. The van der Waals surface area contributed by atoms with Crippen LogP contribution >= 0.6 is 0 Å². The van der Waals surface area contributed by atoms with Crippen molar-refractivity contribution in [1.29, 1.82) is 0 Å². The van der Waals surface area contributed by atoms with Crippen LogP contribution in [-0.2, 0) is 17.7 Å². The van der Waals surface area contributed by atoms with Crippen LogP contribution < -0.4 is 14.5 Å². The van der Waals surface area contributed by atoms with E-state index in [0.717, 1.165) is 37.6 Å².